The number of aliphatic carboxylic acids is 1. The van der Waals surface area contributed by atoms with Crippen molar-refractivity contribution in [2.75, 3.05) is 18.0 Å². The SMILES string of the molecule is Cc1cc(N2CC(C(=O)O)C2)nc(-c2ccccn2)n1. The molecule has 0 radical (unpaired) electrons. The zero-order valence-electron chi connectivity index (χ0n) is 11.0. The molecule has 1 aliphatic heterocycles. The van der Waals surface area contributed by atoms with E-state index in [-0.39, 0.29) is 5.92 Å². The number of carbonyl (C=O) groups is 1. The highest BCUT2D eigenvalue weighted by molar-refractivity contribution is 5.74. The Hall–Kier alpha value is -2.50. The van der Waals surface area contributed by atoms with E-state index in [1.165, 1.54) is 0 Å². The number of hydrogen-bond acceptors (Lipinski definition) is 5. The molecule has 0 spiro atoms. The molecular formula is C14H14N4O2. The fourth-order valence-corrected chi connectivity index (χ4v) is 2.15. The van der Waals surface area contributed by atoms with Gasteiger partial charge in [0.1, 0.15) is 11.5 Å². The van der Waals surface area contributed by atoms with Crippen LogP contribution in [0, 0.1) is 12.8 Å². The Balaban J connectivity index is 1.87. The summed E-state index contributed by atoms with van der Waals surface area (Å²) < 4.78 is 0. The van der Waals surface area contributed by atoms with Gasteiger partial charge in [0.15, 0.2) is 5.82 Å². The summed E-state index contributed by atoms with van der Waals surface area (Å²) in [6.45, 7) is 2.88. The lowest BCUT2D eigenvalue weighted by Gasteiger charge is -2.37. The van der Waals surface area contributed by atoms with E-state index in [1.54, 1.807) is 6.20 Å². The van der Waals surface area contributed by atoms with Gasteiger partial charge in [0, 0.05) is 31.0 Å². The number of carboxylic acid groups (broad SMARTS) is 1. The molecule has 6 heteroatoms. The molecule has 3 heterocycles. The van der Waals surface area contributed by atoms with Gasteiger partial charge in [0.2, 0.25) is 0 Å². The average molecular weight is 270 g/mol. The van der Waals surface area contributed by atoms with Gasteiger partial charge in [0.25, 0.3) is 0 Å². The van der Waals surface area contributed by atoms with Crippen molar-refractivity contribution in [3.05, 3.63) is 36.2 Å². The molecule has 0 aliphatic carbocycles. The number of pyridine rings is 1. The van der Waals surface area contributed by atoms with Crippen molar-refractivity contribution in [2.45, 2.75) is 6.92 Å². The second-order valence-electron chi connectivity index (χ2n) is 4.85. The highest BCUT2D eigenvalue weighted by Crippen LogP contribution is 2.25. The quantitative estimate of drug-likeness (QED) is 0.907. The molecule has 0 atom stereocenters. The van der Waals surface area contributed by atoms with Crippen molar-refractivity contribution in [1.82, 2.24) is 15.0 Å². The summed E-state index contributed by atoms with van der Waals surface area (Å²) in [5.74, 6) is 0.274. The molecule has 20 heavy (non-hydrogen) atoms. The maximum Gasteiger partial charge on any atom is 0.310 e. The molecule has 0 unspecified atom stereocenters. The highest BCUT2D eigenvalue weighted by Gasteiger charge is 2.33. The van der Waals surface area contributed by atoms with E-state index in [1.807, 2.05) is 36.1 Å². The molecule has 2 aromatic heterocycles. The second-order valence-corrected chi connectivity index (χ2v) is 4.85. The van der Waals surface area contributed by atoms with Crippen LogP contribution < -0.4 is 4.90 Å². The maximum atomic E-state index is 10.8. The van der Waals surface area contributed by atoms with Gasteiger partial charge in [-0.05, 0) is 19.1 Å². The minimum atomic E-state index is -0.753. The molecular weight excluding hydrogens is 256 g/mol. The Morgan fingerprint density at radius 2 is 2.15 bits per heavy atom. The van der Waals surface area contributed by atoms with Gasteiger partial charge in [-0.2, -0.15) is 0 Å². The number of aromatic nitrogens is 3. The lowest BCUT2D eigenvalue weighted by atomic mass is 10.0. The van der Waals surface area contributed by atoms with Gasteiger partial charge in [0.05, 0.1) is 5.92 Å². The summed E-state index contributed by atoms with van der Waals surface area (Å²) in [6, 6.07) is 7.45. The fraction of sp³-hybridized carbons (Fsp3) is 0.286. The van der Waals surface area contributed by atoms with Crippen LogP contribution in [0.15, 0.2) is 30.5 Å². The molecule has 1 fully saturated rings. The van der Waals surface area contributed by atoms with Gasteiger partial charge >= 0.3 is 5.97 Å². The zero-order valence-corrected chi connectivity index (χ0v) is 11.0. The molecule has 1 N–H and O–H groups in total. The predicted octanol–water partition coefficient (Wildman–Crippen LogP) is 1.37. The van der Waals surface area contributed by atoms with E-state index in [0.29, 0.717) is 24.6 Å². The first-order valence-corrected chi connectivity index (χ1v) is 6.38. The number of anilines is 1. The average Bonchev–Trinajstić information content (AvgIpc) is 2.37. The van der Waals surface area contributed by atoms with E-state index in [4.69, 9.17) is 5.11 Å². The summed E-state index contributed by atoms with van der Waals surface area (Å²) >= 11 is 0. The highest BCUT2D eigenvalue weighted by atomic mass is 16.4. The lowest BCUT2D eigenvalue weighted by molar-refractivity contribution is -0.142. The summed E-state index contributed by atoms with van der Waals surface area (Å²) in [6.07, 6.45) is 1.70. The molecule has 0 saturated carbocycles. The van der Waals surface area contributed by atoms with Gasteiger partial charge < -0.3 is 10.0 Å². The van der Waals surface area contributed by atoms with Crippen LogP contribution in [-0.4, -0.2) is 39.1 Å². The van der Waals surface area contributed by atoms with Gasteiger partial charge in [-0.3, -0.25) is 9.78 Å². The number of hydrogen-bond donors (Lipinski definition) is 1. The van der Waals surface area contributed by atoms with E-state index >= 15 is 0 Å². The van der Waals surface area contributed by atoms with Crippen LogP contribution in [0.2, 0.25) is 0 Å². The minimum absolute atomic E-state index is 0.302. The van der Waals surface area contributed by atoms with Crippen molar-refractivity contribution in [3.8, 4) is 11.5 Å². The maximum absolute atomic E-state index is 10.8. The summed E-state index contributed by atoms with van der Waals surface area (Å²) in [7, 11) is 0. The summed E-state index contributed by atoms with van der Waals surface area (Å²) in [5.41, 5.74) is 1.56. The van der Waals surface area contributed by atoms with Crippen molar-refractivity contribution >= 4 is 11.8 Å². The lowest BCUT2D eigenvalue weighted by Crippen LogP contribution is -2.50. The number of aryl methyl sites for hydroxylation is 1. The third-order valence-electron chi connectivity index (χ3n) is 3.29. The molecule has 3 rings (SSSR count). The van der Waals surface area contributed by atoms with Crippen molar-refractivity contribution in [3.63, 3.8) is 0 Å². The van der Waals surface area contributed by atoms with Crippen molar-refractivity contribution < 1.29 is 9.90 Å². The van der Waals surface area contributed by atoms with Gasteiger partial charge in [-0.15, -0.1) is 0 Å². The normalized spacial score (nSPS) is 14.9. The van der Waals surface area contributed by atoms with E-state index in [9.17, 15) is 4.79 Å². The summed E-state index contributed by atoms with van der Waals surface area (Å²) in [5, 5.41) is 8.92. The molecule has 102 valence electrons. The molecule has 6 nitrogen and oxygen atoms in total. The molecule has 2 aromatic rings. The Kier molecular flexibility index (Phi) is 3.06. The largest absolute Gasteiger partial charge is 0.481 e. The van der Waals surface area contributed by atoms with Crippen LogP contribution in [0.3, 0.4) is 0 Å². The van der Waals surface area contributed by atoms with Crippen LogP contribution in [0.25, 0.3) is 11.5 Å². The third-order valence-corrected chi connectivity index (χ3v) is 3.29. The Labute approximate surface area is 116 Å². The van der Waals surface area contributed by atoms with Crippen molar-refractivity contribution in [1.29, 1.82) is 0 Å². The molecule has 1 saturated heterocycles. The smallest absolute Gasteiger partial charge is 0.310 e. The first-order valence-electron chi connectivity index (χ1n) is 6.38. The van der Waals surface area contributed by atoms with E-state index in [2.05, 4.69) is 15.0 Å². The number of nitrogens with zero attached hydrogens (tertiary/aromatic N) is 4. The van der Waals surface area contributed by atoms with Crippen LogP contribution >= 0.6 is 0 Å². The summed E-state index contributed by atoms with van der Waals surface area (Å²) in [4.78, 5) is 25.9. The molecule has 0 amide bonds. The van der Waals surface area contributed by atoms with Crippen LogP contribution in [-0.2, 0) is 4.79 Å². The topological polar surface area (TPSA) is 79.2 Å². The van der Waals surface area contributed by atoms with Crippen molar-refractivity contribution in [2.24, 2.45) is 5.92 Å². The Morgan fingerprint density at radius 1 is 1.35 bits per heavy atom. The second kappa shape index (κ2) is 4.88. The van der Waals surface area contributed by atoms with Crippen LogP contribution in [0.1, 0.15) is 5.69 Å². The number of rotatable bonds is 3. The number of carboxylic acids is 1. The van der Waals surface area contributed by atoms with Gasteiger partial charge in [-0.25, -0.2) is 9.97 Å². The van der Waals surface area contributed by atoms with E-state index in [0.717, 1.165) is 11.5 Å². The third kappa shape index (κ3) is 2.32. The van der Waals surface area contributed by atoms with E-state index < -0.39 is 5.97 Å². The fourth-order valence-electron chi connectivity index (χ4n) is 2.15. The molecule has 0 aromatic carbocycles. The van der Waals surface area contributed by atoms with Crippen LogP contribution in [0.4, 0.5) is 5.82 Å². The van der Waals surface area contributed by atoms with Gasteiger partial charge in [-0.1, -0.05) is 6.07 Å². The Morgan fingerprint density at radius 3 is 2.80 bits per heavy atom. The standard InChI is InChI=1S/C14H14N4O2/c1-9-6-12(18-7-10(8-18)14(19)20)17-13(16-9)11-4-2-3-5-15-11/h2-6,10H,7-8H2,1H3,(H,19,20). The predicted molar refractivity (Wildman–Crippen MR) is 73.3 cm³/mol. The minimum Gasteiger partial charge on any atom is -0.481 e. The Bertz CT molecular complexity index is 639. The monoisotopic (exact) mass is 270 g/mol. The first kappa shape index (κ1) is 12.5. The molecule has 1 aliphatic rings. The van der Waals surface area contributed by atoms with Crippen LogP contribution in [0.5, 0.6) is 0 Å². The first-order chi connectivity index (χ1) is 9.63. The zero-order chi connectivity index (χ0) is 14.1. The molecule has 0 bridgehead atoms.